The van der Waals surface area contributed by atoms with Gasteiger partial charge in [-0.1, -0.05) is 46.6 Å². The van der Waals surface area contributed by atoms with E-state index in [1.54, 1.807) is 18.0 Å². The molecular weight excluding hydrogens is 328 g/mol. The number of nitrogens with one attached hydrogen (secondary N) is 1. The molecule has 0 aliphatic heterocycles. The zero-order chi connectivity index (χ0) is 18.5. The summed E-state index contributed by atoms with van der Waals surface area (Å²) in [5.41, 5.74) is 1.83. The summed E-state index contributed by atoms with van der Waals surface area (Å²) in [6.45, 7) is 11.9. The van der Waals surface area contributed by atoms with Crippen LogP contribution in [0.3, 0.4) is 0 Å². The van der Waals surface area contributed by atoms with Gasteiger partial charge in [0.2, 0.25) is 0 Å². The Hall–Kier alpha value is -1.75. The van der Waals surface area contributed by atoms with Crippen LogP contribution in [0.25, 0.3) is 0 Å². The minimum atomic E-state index is -0.715. The summed E-state index contributed by atoms with van der Waals surface area (Å²) in [7, 11) is 0. The topological polar surface area (TPSA) is 21.3 Å². The van der Waals surface area contributed by atoms with Crippen molar-refractivity contribution in [3.05, 3.63) is 53.6 Å². The van der Waals surface area contributed by atoms with Crippen molar-refractivity contribution in [2.24, 2.45) is 0 Å². The molecule has 0 aromatic heterocycles. The Bertz CT molecular complexity index is 606. The van der Waals surface area contributed by atoms with Crippen molar-refractivity contribution in [3.63, 3.8) is 0 Å². The van der Waals surface area contributed by atoms with Gasteiger partial charge in [0.1, 0.15) is 11.6 Å². The molecule has 0 unspecified atom stereocenters. The summed E-state index contributed by atoms with van der Waals surface area (Å²) in [6, 6.07) is 8.78. The smallest absolute Gasteiger partial charge is 0.168 e. The van der Waals surface area contributed by atoms with Gasteiger partial charge in [-0.05, 0) is 42.8 Å². The fourth-order valence-corrected chi connectivity index (χ4v) is 2.10. The maximum Gasteiger partial charge on any atom is 0.168 e. The number of rotatable bonds is 5. The average molecular weight is 355 g/mol. The van der Waals surface area contributed by atoms with Crippen LogP contribution in [0.2, 0.25) is 0 Å². The molecule has 0 atom stereocenters. The molecule has 2 aromatic carbocycles. The van der Waals surface area contributed by atoms with E-state index in [0.717, 1.165) is 23.1 Å². The van der Waals surface area contributed by atoms with Crippen LogP contribution in [-0.4, -0.2) is 5.75 Å². The van der Waals surface area contributed by atoms with Gasteiger partial charge in [0.25, 0.3) is 0 Å². The Morgan fingerprint density at radius 3 is 2.12 bits per heavy atom. The quantitative estimate of drug-likeness (QED) is 0.573. The first-order valence-corrected chi connectivity index (χ1v) is 9.20. The van der Waals surface area contributed by atoms with Gasteiger partial charge in [0, 0.05) is 17.5 Å². The maximum atomic E-state index is 13.5. The van der Waals surface area contributed by atoms with E-state index in [2.05, 4.69) is 11.6 Å². The van der Waals surface area contributed by atoms with Gasteiger partial charge in [-0.2, -0.15) is 0 Å². The number of halogens is 2. The number of benzene rings is 2. The van der Waals surface area contributed by atoms with Crippen molar-refractivity contribution in [3.8, 4) is 11.5 Å². The van der Waals surface area contributed by atoms with E-state index in [9.17, 15) is 8.78 Å². The van der Waals surface area contributed by atoms with E-state index in [4.69, 9.17) is 4.74 Å². The molecule has 0 radical (unpaired) electrons. The van der Waals surface area contributed by atoms with Crippen molar-refractivity contribution < 1.29 is 13.5 Å². The van der Waals surface area contributed by atoms with Crippen LogP contribution in [0.5, 0.6) is 11.5 Å². The SMILES string of the molecule is CC.CC.CCSNc1ccc(Oc2ccc(F)cc2F)c(C)c1. The highest BCUT2D eigenvalue weighted by molar-refractivity contribution is 8.00. The van der Waals surface area contributed by atoms with E-state index in [-0.39, 0.29) is 5.75 Å². The van der Waals surface area contributed by atoms with Crippen molar-refractivity contribution in [2.45, 2.75) is 41.5 Å². The highest BCUT2D eigenvalue weighted by Gasteiger charge is 2.08. The van der Waals surface area contributed by atoms with Gasteiger partial charge in [-0.15, -0.1) is 0 Å². The van der Waals surface area contributed by atoms with Gasteiger partial charge in [0.05, 0.1) is 0 Å². The monoisotopic (exact) mass is 355 g/mol. The Labute approximate surface area is 148 Å². The van der Waals surface area contributed by atoms with Crippen molar-refractivity contribution >= 4 is 17.6 Å². The van der Waals surface area contributed by atoms with Crippen LogP contribution in [0.4, 0.5) is 14.5 Å². The fourth-order valence-electron chi connectivity index (χ4n) is 1.66. The van der Waals surface area contributed by atoms with Crippen LogP contribution < -0.4 is 9.46 Å². The van der Waals surface area contributed by atoms with Gasteiger partial charge in [-0.3, -0.25) is 0 Å². The Balaban J connectivity index is 0.00000123. The van der Waals surface area contributed by atoms with E-state index >= 15 is 0 Å². The Morgan fingerprint density at radius 2 is 1.58 bits per heavy atom. The summed E-state index contributed by atoms with van der Waals surface area (Å²) in [6.07, 6.45) is 0. The minimum Gasteiger partial charge on any atom is -0.454 e. The lowest BCUT2D eigenvalue weighted by molar-refractivity contribution is 0.435. The summed E-state index contributed by atoms with van der Waals surface area (Å²) in [5.74, 6) is 0.175. The molecule has 2 aromatic rings. The predicted molar refractivity (Wildman–Crippen MR) is 102 cm³/mol. The lowest BCUT2D eigenvalue weighted by Gasteiger charge is -2.11. The zero-order valence-corrected chi connectivity index (χ0v) is 16.1. The third-order valence-corrected chi connectivity index (χ3v) is 3.29. The van der Waals surface area contributed by atoms with E-state index in [1.807, 2.05) is 46.8 Å². The molecule has 0 saturated heterocycles. The highest BCUT2D eigenvalue weighted by Crippen LogP contribution is 2.29. The molecule has 1 N–H and O–H groups in total. The first-order chi connectivity index (χ1) is 11.6. The number of hydrogen-bond donors (Lipinski definition) is 1. The van der Waals surface area contributed by atoms with Crippen molar-refractivity contribution in [1.29, 1.82) is 0 Å². The minimum absolute atomic E-state index is 0.0122. The number of hydrogen-bond acceptors (Lipinski definition) is 3. The first-order valence-electron chi connectivity index (χ1n) is 8.21. The van der Waals surface area contributed by atoms with E-state index in [1.165, 1.54) is 12.1 Å². The summed E-state index contributed by atoms with van der Waals surface area (Å²) >= 11 is 1.59. The van der Waals surface area contributed by atoms with Crippen molar-refractivity contribution in [2.75, 3.05) is 10.5 Å². The van der Waals surface area contributed by atoms with Gasteiger partial charge < -0.3 is 9.46 Å². The molecule has 5 heteroatoms. The van der Waals surface area contributed by atoms with Crippen molar-refractivity contribution in [1.82, 2.24) is 0 Å². The maximum absolute atomic E-state index is 13.5. The number of aryl methyl sites for hydroxylation is 1. The number of ether oxygens (including phenoxy) is 1. The standard InChI is InChI=1S/C15H15F2NOS.2C2H6/c1-3-20-18-12-5-7-14(10(2)8-12)19-15-6-4-11(16)9-13(15)17;2*1-2/h4-9,18H,3H2,1-2H3;2*1-2H3. The normalized spacial score (nSPS) is 9.17. The average Bonchev–Trinajstić information content (AvgIpc) is 2.61. The zero-order valence-electron chi connectivity index (χ0n) is 15.2. The Morgan fingerprint density at radius 1 is 0.958 bits per heavy atom. The molecule has 0 saturated carbocycles. The second kappa shape index (κ2) is 12.6. The van der Waals surface area contributed by atoms with Crippen LogP contribution in [-0.2, 0) is 0 Å². The summed E-state index contributed by atoms with van der Waals surface area (Å²) < 4.78 is 35.0. The fraction of sp³-hybridized carbons (Fsp3) is 0.368. The number of anilines is 1. The van der Waals surface area contributed by atoms with Gasteiger partial charge in [-0.25, -0.2) is 8.78 Å². The largest absolute Gasteiger partial charge is 0.454 e. The molecule has 0 bridgehead atoms. The van der Waals surface area contributed by atoms with Gasteiger partial charge in [0.15, 0.2) is 11.6 Å². The van der Waals surface area contributed by atoms with Crippen LogP contribution in [0.15, 0.2) is 36.4 Å². The van der Waals surface area contributed by atoms with E-state index in [0.29, 0.717) is 5.75 Å². The molecule has 0 spiro atoms. The molecule has 0 fully saturated rings. The third kappa shape index (κ3) is 7.21. The van der Waals surface area contributed by atoms with Crippen LogP contribution in [0.1, 0.15) is 40.2 Å². The van der Waals surface area contributed by atoms with Gasteiger partial charge >= 0.3 is 0 Å². The summed E-state index contributed by atoms with van der Waals surface area (Å²) in [4.78, 5) is 0. The molecule has 24 heavy (non-hydrogen) atoms. The molecular formula is C19H27F2NOS. The Kier molecular flexibility index (Phi) is 11.7. The third-order valence-electron chi connectivity index (χ3n) is 2.62. The molecule has 2 rings (SSSR count). The van der Waals surface area contributed by atoms with Crippen LogP contribution >= 0.6 is 11.9 Å². The lowest BCUT2D eigenvalue weighted by atomic mass is 10.2. The molecule has 2 nitrogen and oxygen atoms in total. The predicted octanol–water partition coefficient (Wildman–Crippen LogP) is 7.20. The molecule has 0 heterocycles. The molecule has 0 aliphatic rings. The first kappa shape index (κ1) is 22.2. The highest BCUT2D eigenvalue weighted by atomic mass is 32.2. The lowest BCUT2D eigenvalue weighted by Crippen LogP contribution is -1.93. The van der Waals surface area contributed by atoms with Crippen LogP contribution in [0, 0.1) is 18.6 Å². The van der Waals surface area contributed by atoms with E-state index < -0.39 is 11.6 Å². The molecule has 0 aliphatic carbocycles. The summed E-state index contributed by atoms with van der Waals surface area (Å²) in [5, 5.41) is 0. The molecule has 134 valence electrons. The second-order valence-corrected chi connectivity index (χ2v) is 5.26. The molecule has 0 amide bonds. The second-order valence-electron chi connectivity index (χ2n) is 4.19.